The summed E-state index contributed by atoms with van der Waals surface area (Å²) in [7, 11) is 0. The summed E-state index contributed by atoms with van der Waals surface area (Å²) in [5.41, 5.74) is 1.73. The molecule has 1 saturated carbocycles. The topological polar surface area (TPSA) is 120 Å². The zero-order chi connectivity index (χ0) is 36.7. The molecular formula is C38H27Cl2F3N4O5. The van der Waals surface area contributed by atoms with E-state index in [0.717, 1.165) is 5.01 Å². The monoisotopic (exact) mass is 746 g/mol. The third-order valence-electron chi connectivity index (χ3n) is 10.8. The lowest BCUT2D eigenvalue weighted by atomic mass is 9.49. The van der Waals surface area contributed by atoms with Crippen molar-refractivity contribution in [1.82, 2.24) is 9.99 Å². The third-order valence-corrected chi connectivity index (χ3v) is 11.3. The smallest absolute Gasteiger partial charge is 0.417 e. The second-order valence-electron chi connectivity index (χ2n) is 13.4. The van der Waals surface area contributed by atoms with E-state index in [9.17, 15) is 32.7 Å². The van der Waals surface area contributed by atoms with Gasteiger partial charge >= 0.3 is 6.18 Å². The van der Waals surface area contributed by atoms with Crippen molar-refractivity contribution in [1.29, 1.82) is 0 Å². The molecule has 0 bridgehead atoms. The van der Waals surface area contributed by atoms with E-state index in [0.29, 0.717) is 39.7 Å². The second kappa shape index (κ2) is 12.2. The molecule has 2 N–H and O–H groups in total. The van der Waals surface area contributed by atoms with Gasteiger partial charge in [0.1, 0.15) is 5.75 Å². The molecule has 2 aliphatic carbocycles. The van der Waals surface area contributed by atoms with Gasteiger partial charge in [-0.1, -0.05) is 77.3 Å². The molecule has 1 aromatic heterocycles. The molecule has 2 aliphatic heterocycles. The molecule has 0 radical (unpaired) electrons. The number of hydrogen-bond donors (Lipinski definition) is 2. The van der Waals surface area contributed by atoms with Crippen LogP contribution >= 0.6 is 23.2 Å². The number of carbonyl (C=O) groups excluding carboxylic acids is 4. The van der Waals surface area contributed by atoms with Crippen LogP contribution in [0.1, 0.15) is 35.4 Å². The summed E-state index contributed by atoms with van der Waals surface area (Å²) in [6, 6.07) is 21.9. The number of hydrogen-bond acceptors (Lipinski definition) is 7. The number of amides is 4. The molecule has 2 saturated heterocycles. The minimum Gasteiger partial charge on any atom is -0.508 e. The minimum atomic E-state index is -4.74. The molecule has 3 fully saturated rings. The van der Waals surface area contributed by atoms with E-state index >= 15 is 4.79 Å². The van der Waals surface area contributed by atoms with Crippen LogP contribution in [0.4, 0.5) is 24.7 Å². The van der Waals surface area contributed by atoms with E-state index in [-0.39, 0.29) is 30.3 Å². The first-order chi connectivity index (χ1) is 24.8. The van der Waals surface area contributed by atoms with Crippen LogP contribution in [0, 0.1) is 23.7 Å². The van der Waals surface area contributed by atoms with E-state index in [1.807, 2.05) is 6.08 Å². The van der Waals surface area contributed by atoms with Crippen LogP contribution in [0.15, 0.2) is 103 Å². The van der Waals surface area contributed by atoms with E-state index in [1.54, 1.807) is 66.7 Å². The molecule has 52 heavy (non-hydrogen) atoms. The number of aromatic nitrogens is 1. The number of allylic oxidation sites excluding steroid dienone is 2. The molecular weight excluding hydrogens is 720 g/mol. The fourth-order valence-corrected chi connectivity index (χ4v) is 9.03. The summed E-state index contributed by atoms with van der Waals surface area (Å²) in [6.07, 6.45) is -2.17. The number of alkyl halides is 3. The number of phenolic OH excluding ortho intramolecular Hbond substituents is 1. The van der Waals surface area contributed by atoms with Gasteiger partial charge in [-0.15, -0.1) is 0 Å². The lowest BCUT2D eigenvalue weighted by Gasteiger charge is -2.50. The fraction of sp³-hybridized carbons (Fsp3) is 0.237. The number of halogens is 5. The van der Waals surface area contributed by atoms with Crippen LogP contribution in [0.5, 0.6) is 5.75 Å². The molecule has 0 unspecified atom stereocenters. The SMILES string of the molecule is O=C1[C@@H]2C[C@@H]3C(=CC[C@@H]4C(=O)N(c5ccccc5)C(=O)[C@@H]43)[C@H](c3cccc(O)c3)[C@]2(c2ccc(Cl)cc2)C(=O)N1Nc1ncc(C(F)(F)F)cc1Cl. The summed E-state index contributed by atoms with van der Waals surface area (Å²) in [4.78, 5) is 63.0. The Balaban J connectivity index is 1.30. The maximum Gasteiger partial charge on any atom is 0.417 e. The van der Waals surface area contributed by atoms with Gasteiger partial charge < -0.3 is 5.11 Å². The van der Waals surface area contributed by atoms with E-state index in [4.69, 9.17) is 23.2 Å². The molecule has 3 aromatic carbocycles. The Hall–Kier alpha value is -5.20. The number of imide groups is 2. The van der Waals surface area contributed by atoms with Gasteiger partial charge in [-0.2, -0.15) is 18.2 Å². The highest BCUT2D eigenvalue weighted by Crippen LogP contribution is 2.64. The quantitative estimate of drug-likeness (QED) is 0.163. The molecule has 264 valence electrons. The Kier molecular flexibility index (Phi) is 7.96. The number of benzene rings is 3. The molecule has 9 nitrogen and oxygen atoms in total. The summed E-state index contributed by atoms with van der Waals surface area (Å²) >= 11 is 12.5. The van der Waals surface area contributed by atoms with Gasteiger partial charge in [0.2, 0.25) is 11.8 Å². The number of pyridine rings is 1. The number of hydrazine groups is 1. The largest absolute Gasteiger partial charge is 0.508 e. The van der Waals surface area contributed by atoms with Gasteiger partial charge in [0.05, 0.1) is 39.4 Å². The molecule has 4 aliphatic rings. The number of phenols is 1. The van der Waals surface area contributed by atoms with Gasteiger partial charge in [-0.3, -0.25) is 29.5 Å². The Morgan fingerprint density at radius 3 is 2.27 bits per heavy atom. The summed E-state index contributed by atoms with van der Waals surface area (Å²) < 4.78 is 40.3. The van der Waals surface area contributed by atoms with Crippen LogP contribution < -0.4 is 10.3 Å². The maximum absolute atomic E-state index is 15.2. The number of aromatic hydroxyl groups is 1. The first-order valence-electron chi connectivity index (χ1n) is 16.4. The average Bonchev–Trinajstić information content (AvgIpc) is 3.50. The van der Waals surface area contributed by atoms with Crippen LogP contribution in [-0.4, -0.2) is 38.7 Å². The van der Waals surface area contributed by atoms with Gasteiger partial charge in [-0.05, 0) is 72.4 Å². The molecule has 4 aromatic rings. The highest BCUT2D eigenvalue weighted by molar-refractivity contribution is 6.33. The van der Waals surface area contributed by atoms with Crippen molar-refractivity contribution < 1.29 is 37.5 Å². The van der Waals surface area contributed by atoms with Crippen molar-refractivity contribution in [3.63, 3.8) is 0 Å². The van der Waals surface area contributed by atoms with Crippen LogP contribution in [0.2, 0.25) is 10.0 Å². The zero-order valence-electron chi connectivity index (χ0n) is 26.9. The van der Waals surface area contributed by atoms with Crippen molar-refractivity contribution >= 4 is 58.3 Å². The van der Waals surface area contributed by atoms with E-state index in [2.05, 4.69) is 10.4 Å². The number of fused-ring (bicyclic) bond motifs is 4. The molecule has 6 atom stereocenters. The molecule has 14 heteroatoms. The highest BCUT2D eigenvalue weighted by Gasteiger charge is 2.70. The standard InChI is InChI=1S/C38H27Cl2F3N4O5/c39-22-11-9-20(10-12-22)37-28(34(50)47(36(37)52)45-32-29(40)16-21(18-44-32)38(41,42)43)17-27-25(31(37)19-5-4-8-24(48)15-19)13-14-26-30(27)35(51)46(33(26)49)23-6-2-1-3-7-23/h1-13,15-16,18,26-28,30-31,48H,14,17H2,(H,44,45)/t26-,27+,28-,30-,31-,37+/m0/s1. The van der Waals surface area contributed by atoms with Crippen LogP contribution in [-0.2, 0) is 30.8 Å². The normalized spacial score (nSPS) is 26.9. The first kappa shape index (κ1) is 33.9. The fourth-order valence-electron chi connectivity index (χ4n) is 8.69. The predicted octanol–water partition coefficient (Wildman–Crippen LogP) is 7.30. The number of nitrogens with one attached hydrogen (secondary N) is 1. The number of para-hydroxylation sites is 1. The number of rotatable bonds is 5. The van der Waals surface area contributed by atoms with Crippen molar-refractivity contribution in [3.8, 4) is 5.75 Å². The molecule has 8 rings (SSSR count). The number of carbonyl (C=O) groups is 4. The van der Waals surface area contributed by atoms with Gasteiger partial charge in [0, 0.05) is 17.1 Å². The summed E-state index contributed by atoms with van der Waals surface area (Å²) in [6.45, 7) is 0. The minimum absolute atomic E-state index is 0.0243. The van der Waals surface area contributed by atoms with Crippen LogP contribution in [0.25, 0.3) is 0 Å². The first-order valence-corrected chi connectivity index (χ1v) is 17.1. The molecule has 3 heterocycles. The lowest BCUT2D eigenvalue weighted by molar-refractivity contribution is -0.139. The molecule has 0 spiro atoms. The molecule has 4 amide bonds. The van der Waals surface area contributed by atoms with Gasteiger partial charge in [0.25, 0.3) is 11.8 Å². The van der Waals surface area contributed by atoms with Gasteiger partial charge in [-0.25, -0.2) is 4.98 Å². The second-order valence-corrected chi connectivity index (χ2v) is 14.2. The lowest BCUT2D eigenvalue weighted by Crippen LogP contribution is -2.53. The Morgan fingerprint density at radius 2 is 1.60 bits per heavy atom. The Labute approximate surface area is 304 Å². The van der Waals surface area contributed by atoms with E-state index in [1.165, 1.54) is 17.0 Å². The van der Waals surface area contributed by atoms with E-state index < -0.39 is 69.5 Å². The Morgan fingerprint density at radius 1 is 0.865 bits per heavy atom. The average molecular weight is 748 g/mol. The van der Waals surface area contributed by atoms with Crippen molar-refractivity contribution in [2.24, 2.45) is 23.7 Å². The van der Waals surface area contributed by atoms with Crippen molar-refractivity contribution in [3.05, 3.63) is 130 Å². The van der Waals surface area contributed by atoms with Crippen LogP contribution in [0.3, 0.4) is 0 Å². The van der Waals surface area contributed by atoms with Gasteiger partial charge in [0.15, 0.2) is 5.82 Å². The third kappa shape index (κ3) is 5.02. The Bertz CT molecular complexity index is 2200. The van der Waals surface area contributed by atoms with Crippen molar-refractivity contribution in [2.45, 2.75) is 30.4 Å². The predicted molar refractivity (Wildman–Crippen MR) is 184 cm³/mol. The van der Waals surface area contributed by atoms with Crippen molar-refractivity contribution in [2.75, 3.05) is 10.3 Å². The number of nitrogens with zero attached hydrogens (tertiary/aromatic N) is 3. The number of anilines is 2. The maximum atomic E-state index is 15.2. The summed E-state index contributed by atoms with van der Waals surface area (Å²) in [5, 5.41) is 11.3. The summed E-state index contributed by atoms with van der Waals surface area (Å²) in [5.74, 6) is -7.09. The zero-order valence-corrected chi connectivity index (χ0v) is 28.4. The highest BCUT2D eigenvalue weighted by atomic mass is 35.5.